The van der Waals surface area contributed by atoms with E-state index in [1.165, 1.54) is 17.5 Å². The van der Waals surface area contributed by atoms with E-state index in [1.54, 1.807) is 0 Å². The van der Waals surface area contributed by atoms with Gasteiger partial charge in [-0.2, -0.15) is 0 Å². The zero-order valence-corrected chi connectivity index (χ0v) is 9.84. The fourth-order valence-corrected chi connectivity index (χ4v) is 2.59. The summed E-state index contributed by atoms with van der Waals surface area (Å²) in [5, 5.41) is 1.23. The minimum absolute atomic E-state index is 0.302. The quantitative estimate of drug-likeness (QED) is 0.811. The lowest BCUT2D eigenvalue weighted by atomic mass is 10.0. The molecular weight excluding hydrogens is 210 g/mol. The van der Waals surface area contributed by atoms with E-state index in [4.69, 9.17) is 5.73 Å². The molecule has 0 unspecified atom stereocenters. The van der Waals surface area contributed by atoms with Crippen LogP contribution in [0.3, 0.4) is 0 Å². The van der Waals surface area contributed by atoms with Crippen molar-refractivity contribution in [3.05, 3.63) is 36.5 Å². The Morgan fingerprint density at radius 3 is 3.00 bits per heavy atom. The van der Waals surface area contributed by atoms with E-state index in [0.29, 0.717) is 6.04 Å². The number of benzene rings is 1. The van der Waals surface area contributed by atoms with Gasteiger partial charge in [-0.15, -0.1) is 0 Å². The summed E-state index contributed by atoms with van der Waals surface area (Å²) in [5.41, 5.74) is 8.38. The molecule has 2 heterocycles. The topological polar surface area (TPSA) is 42.1 Å². The van der Waals surface area contributed by atoms with Crippen LogP contribution in [0, 0.1) is 0 Å². The van der Waals surface area contributed by atoms with Gasteiger partial charge in [-0.1, -0.05) is 18.2 Å². The molecule has 1 aromatic carbocycles. The van der Waals surface area contributed by atoms with Crippen molar-refractivity contribution in [1.82, 2.24) is 4.98 Å². The number of hydrogen-bond donors (Lipinski definition) is 1. The van der Waals surface area contributed by atoms with E-state index in [9.17, 15) is 0 Å². The van der Waals surface area contributed by atoms with Crippen LogP contribution in [0.5, 0.6) is 0 Å². The molecule has 1 fully saturated rings. The summed E-state index contributed by atoms with van der Waals surface area (Å²) < 4.78 is 0. The number of pyridine rings is 1. The predicted molar refractivity (Wildman–Crippen MR) is 71.2 cm³/mol. The van der Waals surface area contributed by atoms with Crippen LogP contribution in [0.15, 0.2) is 36.5 Å². The van der Waals surface area contributed by atoms with E-state index < -0.39 is 0 Å². The standard InChI is InChI=1S/C14H17N3/c15-11-4-3-9-17(10-11)14-7-8-16-13-6-2-1-5-12(13)14/h1-2,5-8,11H,3-4,9-10,15H2/t11-/m1/s1. The smallest absolute Gasteiger partial charge is 0.0722 e. The first-order valence-electron chi connectivity index (χ1n) is 6.19. The van der Waals surface area contributed by atoms with Crippen LogP contribution in [0.2, 0.25) is 0 Å². The number of para-hydroxylation sites is 1. The van der Waals surface area contributed by atoms with Crippen LogP contribution in [0.25, 0.3) is 10.9 Å². The third kappa shape index (κ3) is 1.98. The average Bonchev–Trinajstić information content (AvgIpc) is 2.38. The zero-order valence-electron chi connectivity index (χ0n) is 9.84. The van der Waals surface area contributed by atoms with Crippen molar-refractivity contribution in [3.63, 3.8) is 0 Å². The third-order valence-corrected chi connectivity index (χ3v) is 3.42. The first-order chi connectivity index (χ1) is 8.34. The number of rotatable bonds is 1. The van der Waals surface area contributed by atoms with Gasteiger partial charge in [0.15, 0.2) is 0 Å². The molecule has 17 heavy (non-hydrogen) atoms. The summed E-state index contributed by atoms with van der Waals surface area (Å²) in [6, 6.07) is 10.7. The van der Waals surface area contributed by atoms with Crippen molar-refractivity contribution in [2.45, 2.75) is 18.9 Å². The molecule has 0 radical (unpaired) electrons. The number of nitrogens with two attached hydrogens (primary N) is 1. The minimum Gasteiger partial charge on any atom is -0.369 e. The lowest BCUT2D eigenvalue weighted by molar-refractivity contribution is 0.507. The Labute approximate surface area is 101 Å². The molecule has 2 N–H and O–H groups in total. The van der Waals surface area contributed by atoms with Crippen molar-refractivity contribution < 1.29 is 0 Å². The second-order valence-corrected chi connectivity index (χ2v) is 4.70. The number of anilines is 1. The molecule has 1 atom stereocenters. The number of nitrogens with zero attached hydrogens (tertiary/aromatic N) is 2. The maximum Gasteiger partial charge on any atom is 0.0722 e. The van der Waals surface area contributed by atoms with Crippen LogP contribution in [-0.4, -0.2) is 24.1 Å². The van der Waals surface area contributed by atoms with Crippen molar-refractivity contribution >= 4 is 16.6 Å². The number of piperidine rings is 1. The van der Waals surface area contributed by atoms with Gasteiger partial charge in [0.05, 0.1) is 5.52 Å². The molecule has 0 aliphatic carbocycles. The summed E-state index contributed by atoms with van der Waals surface area (Å²) in [7, 11) is 0. The Hall–Kier alpha value is -1.61. The number of fused-ring (bicyclic) bond motifs is 1. The SMILES string of the molecule is N[C@@H]1CCCN(c2ccnc3ccccc23)C1. The van der Waals surface area contributed by atoms with Crippen molar-refractivity contribution in [2.75, 3.05) is 18.0 Å². The van der Waals surface area contributed by atoms with Gasteiger partial charge in [0.25, 0.3) is 0 Å². The van der Waals surface area contributed by atoms with Gasteiger partial charge < -0.3 is 10.6 Å². The lowest BCUT2D eigenvalue weighted by Gasteiger charge is -2.33. The van der Waals surface area contributed by atoms with Crippen LogP contribution in [-0.2, 0) is 0 Å². The summed E-state index contributed by atoms with van der Waals surface area (Å²) >= 11 is 0. The summed E-state index contributed by atoms with van der Waals surface area (Å²) in [5.74, 6) is 0. The number of hydrogen-bond acceptors (Lipinski definition) is 3. The monoisotopic (exact) mass is 227 g/mol. The van der Waals surface area contributed by atoms with Crippen molar-refractivity contribution in [1.29, 1.82) is 0 Å². The predicted octanol–water partition coefficient (Wildman–Crippen LogP) is 2.16. The molecule has 3 nitrogen and oxygen atoms in total. The fourth-order valence-electron chi connectivity index (χ4n) is 2.59. The highest BCUT2D eigenvalue weighted by atomic mass is 15.2. The highest BCUT2D eigenvalue weighted by molar-refractivity contribution is 5.91. The molecular formula is C14H17N3. The van der Waals surface area contributed by atoms with E-state index >= 15 is 0 Å². The fraction of sp³-hybridized carbons (Fsp3) is 0.357. The molecule has 0 amide bonds. The lowest BCUT2D eigenvalue weighted by Crippen LogP contribution is -2.42. The van der Waals surface area contributed by atoms with E-state index in [0.717, 1.165) is 25.0 Å². The highest BCUT2D eigenvalue weighted by Crippen LogP contribution is 2.27. The Kier molecular flexibility index (Phi) is 2.69. The molecule has 0 bridgehead atoms. The van der Waals surface area contributed by atoms with Gasteiger partial charge >= 0.3 is 0 Å². The molecule has 1 saturated heterocycles. The van der Waals surface area contributed by atoms with Gasteiger partial charge in [-0.3, -0.25) is 4.98 Å². The summed E-state index contributed by atoms with van der Waals surface area (Å²) in [6.07, 6.45) is 4.20. The normalized spacial score (nSPS) is 20.8. The maximum absolute atomic E-state index is 6.05. The van der Waals surface area contributed by atoms with Gasteiger partial charge in [0.2, 0.25) is 0 Å². The van der Waals surface area contributed by atoms with Gasteiger partial charge in [0.1, 0.15) is 0 Å². The molecule has 1 aliphatic rings. The third-order valence-electron chi connectivity index (χ3n) is 3.42. The van der Waals surface area contributed by atoms with Crippen molar-refractivity contribution in [2.24, 2.45) is 5.73 Å². The Balaban J connectivity index is 2.04. The Bertz CT molecular complexity index is 518. The van der Waals surface area contributed by atoms with E-state index in [1.807, 2.05) is 12.3 Å². The Morgan fingerprint density at radius 1 is 1.24 bits per heavy atom. The summed E-state index contributed by atoms with van der Waals surface area (Å²) in [4.78, 5) is 6.78. The van der Waals surface area contributed by atoms with Gasteiger partial charge in [-0.25, -0.2) is 0 Å². The second-order valence-electron chi connectivity index (χ2n) is 4.70. The van der Waals surface area contributed by atoms with Crippen LogP contribution >= 0.6 is 0 Å². The molecule has 1 aromatic heterocycles. The molecule has 2 aromatic rings. The zero-order chi connectivity index (χ0) is 11.7. The molecule has 3 heteroatoms. The van der Waals surface area contributed by atoms with Gasteiger partial charge in [-0.05, 0) is 25.0 Å². The number of aromatic nitrogens is 1. The summed E-state index contributed by atoms with van der Waals surface area (Å²) in [6.45, 7) is 2.05. The van der Waals surface area contributed by atoms with Crippen LogP contribution < -0.4 is 10.6 Å². The van der Waals surface area contributed by atoms with Crippen molar-refractivity contribution in [3.8, 4) is 0 Å². The molecule has 1 aliphatic heterocycles. The Morgan fingerprint density at radius 2 is 2.12 bits per heavy atom. The average molecular weight is 227 g/mol. The molecule has 3 rings (SSSR count). The van der Waals surface area contributed by atoms with Crippen LogP contribution in [0.1, 0.15) is 12.8 Å². The van der Waals surface area contributed by atoms with Crippen LogP contribution in [0.4, 0.5) is 5.69 Å². The largest absolute Gasteiger partial charge is 0.369 e. The second kappa shape index (κ2) is 4.34. The highest BCUT2D eigenvalue weighted by Gasteiger charge is 2.18. The van der Waals surface area contributed by atoms with Gasteiger partial charge in [0, 0.05) is 36.4 Å². The molecule has 0 saturated carbocycles. The molecule has 88 valence electrons. The van der Waals surface area contributed by atoms with E-state index in [-0.39, 0.29) is 0 Å². The molecule has 0 spiro atoms. The first kappa shape index (κ1) is 10.5. The van der Waals surface area contributed by atoms with E-state index in [2.05, 4.69) is 34.1 Å². The first-order valence-corrected chi connectivity index (χ1v) is 6.19. The minimum atomic E-state index is 0.302. The maximum atomic E-state index is 6.05.